The van der Waals surface area contributed by atoms with Crippen molar-refractivity contribution in [3.05, 3.63) is 28.7 Å². The standard InChI is InChI=1S/C19H25F3N2O4/c1-18(2,10-17(25)26)11-28-14-6-3-12(4-7-14)23-13-5-8-16(24-27)15(9-13)19(20,21)22/h5,8-9,12,14,23H,3-4,6-7,10-11H2,1-2H3,(H,25,26). The lowest BCUT2D eigenvalue weighted by atomic mass is 9.89. The first-order valence-electron chi connectivity index (χ1n) is 9.15. The number of nitroso groups, excluding NO2 is 1. The summed E-state index contributed by atoms with van der Waals surface area (Å²) in [5, 5.41) is 14.4. The molecule has 0 unspecified atom stereocenters. The zero-order valence-electron chi connectivity index (χ0n) is 15.9. The number of ether oxygens (including phenoxy) is 1. The van der Waals surface area contributed by atoms with Crippen LogP contribution in [0, 0.1) is 10.3 Å². The summed E-state index contributed by atoms with van der Waals surface area (Å²) in [4.78, 5) is 21.4. The molecule has 156 valence electrons. The van der Waals surface area contributed by atoms with E-state index in [2.05, 4.69) is 10.5 Å². The molecule has 6 nitrogen and oxygen atoms in total. The maximum absolute atomic E-state index is 13.0. The Kier molecular flexibility index (Phi) is 7.03. The van der Waals surface area contributed by atoms with Crippen LogP contribution >= 0.6 is 0 Å². The Morgan fingerprint density at radius 3 is 2.43 bits per heavy atom. The Labute approximate surface area is 161 Å². The lowest BCUT2D eigenvalue weighted by Gasteiger charge is -2.32. The van der Waals surface area contributed by atoms with Gasteiger partial charge in [0.05, 0.1) is 24.7 Å². The van der Waals surface area contributed by atoms with Gasteiger partial charge in [0.25, 0.3) is 0 Å². The molecule has 0 aromatic heterocycles. The van der Waals surface area contributed by atoms with E-state index in [4.69, 9.17) is 9.84 Å². The molecule has 0 atom stereocenters. The third-order valence-electron chi connectivity index (χ3n) is 4.78. The minimum absolute atomic E-state index is 0.00278. The smallest absolute Gasteiger partial charge is 0.418 e. The fourth-order valence-electron chi connectivity index (χ4n) is 3.35. The minimum Gasteiger partial charge on any atom is -0.481 e. The lowest BCUT2D eigenvalue weighted by Crippen LogP contribution is -2.32. The Bertz CT molecular complexity index is 699. The van der Waals surface area contributed by atoms with Crippen molar-refractivity contribution in [2.75, 3.05) is 11.9 Å². The van der Waals surface area contributed by atoms with E-state index in [9.17, 15) is 22.9 Å². The van der Waals surface area contributed by atoms with Gasteiger partial charge in [-0.3, -0.25) is 4.79 Å². The van der Waals surface area contributed by atoms with E-state index in [0.29, 0.717) is 12.3 Å². The number of alkyl halides is 3. The first-order chi connectivity index (χ1) is 13.0. The average Bonchev–Trinajstić information content (AvgIpc) is 2.59. The number of hydrogen-bond donors (Lipinski definition) is 2. The molecule has 1 aromatic rings. The Hall–Kier alpha value is -2.16. The van der Waals surface area contributed by atoms with Gasteiger partial charge in [-0.15, -0.1) is 4.91 Å². The van der Waals surface area contributed by atoms with Gasteiger partial charge in [0.2, 0.25) is 0 Å². The monoisotopic (exact) mass is 402 g/mol. The highest BCUT2D eigenvalue weighted by Crippen LogP contribution is 2.38. The van der Waals surface area contributed by atoms with Crippen molar-refractivity contribution >= 4 is 17.3 Å². The van der Waals surface area contributed by atoms with Crippen molar-refractivity contribution < 1.29 is 27.8 Å². The number of hydrogen-bond acceptors (Lipinski definition) is 5. The molecule has 0 radical (unpaired) electrons. The van der Waals surface area contributed by atoms with Crippen LogP contribution in [0.3, 0.4) is 0 Å². The minimum atomic E-state index is -4.64. The van der Waals surface area contributed by atoms with Gasteiger partial charge in [-0.2, -0.15) is 13.2 Å². The lowest BCUT2D eigenvalue weighted by molar-refractivity contribution is -0.141. The van der Waals surface area contributed by atoms with Crippen molar-refractivity contribution in [3.63, 3.8) is 0 Å². The van der Waals surface area contributed by atoms with Crippen molar-refractivity contribution in [1.82, 2.24) is 0 Å². The molecule has 0 amide bonds. The summed E-state index contributed by atoms with van der Waals surface area (Å²) in [6, 6.07) is 3.40. The fraction of sp³-hybridized carbons (Fsp3) is 0.632. The fourth-order valence-corrected chi connectivity index (χ4v) is 3.35. The quantitative estimate of drug-likeness (QED) is 0.573. The molecule has 28 heavy (non-hydrogen) atoms. The molecular formula is C19H25F3N2O4. The molecule has 1 saturated carbocycles. The second-order valence-corrected chi connectivity index (χ2v) is 7.98. The van der Waals surface area contributed by atoms with Gasteiger partial charge in [-0.05, 0) is 54.5 Å². The van der Waals surface area contributed by atoms with Crippen LogP contribution in [0.25, 0.3) is 0 Å². The number of anilines is 1. The maximum atomic E-state index is 13.0. The number of nitrogens with one attached hydrogen (secondary N) is 1. The van der Waals surface area contributed by atoms with E-state index in [1.165, 1.54) is 6.07 Å². The Morgan fingerprint density at radius 2 is 1.89 bits per heavy atom. The first kappa shape index (κ1) is 22.1. The highest BCUT2D eigenvalue weighted by molar-refractivity contribution is 5.67. The average molecular weight is 402 g/mol. The van der Waals surface area contributed by atoms with Gasteiger partial charge in [0, 0.05) is 11.7 Å². The highest BCUT2D eigenvalue weighted by Gasteiger charge is 2.34. The van der Waals surface area contributed by atoms with Gasteiger partial charge >= 0.3 is 12.1 Å². The predicted molar refractivity (Wildman–Crippen MR) is 98.6 cm³/mol. The summed E-state index contributed by atoms with van der Waals surface area (Å²) in [6.45, 7) is 4.02. The van der Waals surface area contributed by atoms with Crippen LogP contribution in [-0.4, -0.2) is 29.8 Å². The molecule has 0 spiro atoms. The van der Waals surface area contributed by atoms with Crippen molar-refractivity contribution in [2.45, 2.75) is 64.3 Å². The summed E-state index contributed by atoms with van der Waals surface area (Å²) in [7, 11) is 0. The largest absolute Gasteiger partial charge is 0.481 e. The number of nitrogens with zero attached hydrogens (tertiary/aromatic N) is 1. The Morgan fingerprint density at radius 1 is 1.25 bits per heavy atom. The molecule has 0 saturated heterocycles. The first-order valence-corrected chi connectivity index (χ1v) is 9.15. The van der Waals surface area contributed by atoms with Crippen LogP contribution in [-0.2, 0) is 15.7 Å². The summed E-state index contributed by atoms with van der Waals surface area (Å²) >= 11 is 0. The van der Waals surface area contributed by atoms with E-state index in [0.717, 1.165) is 37.8 Å². The zero-order valence-corrected chi connectivity index (χ0v) is 15.9. The van der Waals surface area contributed by atoms with Crippen LogP contribution in [0.15, 0.2) is 23.4 Å². The van der Waals surface area contributed by atoms with Crippen molar-refractivity contribution in [1.29, 1.82) is 0 Å². The second kappa shape index (κ2) is 8.89. The second-order valence-electron chi connectivity index (χ2n) is 7.98. The molecule has 1 aliphatic carbocycles. The molecule has 1 fully saturated rings. The number of carbonyl (C=O) groups is 1. The third-order valence-corrected chi connectivity index (χ3v) is 4.78. The molecule has 1 aromatic carbocycles. The van der Waals surface area contributed by atoms with Crippen LogP contribution < -0.4 is 5.32 Å². The molecule has 0 aliphatic heterocycles. The van der Waals surface area contributed by atoms with Crippen LogP contribution in [0.4, 0.5) is 24.5 Å². The van der Waals surface area contributed by atoms with Crippen molar-refractivity contribution in [2.24, 2.45) is 10.6 Å². The number of rotatable bonds is 8. The molecule has 2 rings (SSSR count). The summed E-state index contributed by atoms with van der Waals surface area (Å²) in [5.74, 6) is -0.865. The van der Waals surface area contributed by atoms with Crippen LogP contribution in [0.2, 0.25) is 0 Å². The summed E-state index contributed by atoms with van der Waals surface area (Å²) in [6.07, 6.45) is -1.69. The number of aliphatic carboxylic acids is 1. The van der Waals surface area contributed by atoms with Gasteiger partial charge in [0.1, 0.15) is 5.69 Å². The normalized spacial score (nSPS) is 20.6. The highest BCUT2D eigenvalue weighted by atomic mass is 19.4. The topological polar surface area (TPSA) is 88.0 Å². The molecule has 2 N–H and O–H groups in total. The molecule has 0 heterocycles. The number of halogens is 3. The summed E-state index contributed by atoms with van der Waals surface area (Å²) in [5.41, 5.74) is -1.83. The molecular weight excluding hydrogens is 377 g/mol. The summed E-state index contributed by atoms with van der Waals surface area (Å²) < 4.78 is 44.9. The number of benzene rings is 1. The maximum Gasteiger partial charge on any atom is 0.418 e. The van der Waals surface area contributed by atoms with Crippen LogP contribution in [0.1, 0.15) is 51.5 Å². The van der Waals surface area contributed by atoms with Crippen molar-refractivity contribution in [3.8, 4) is 0 Å². The molecule has 9 heteroatoms. The van der Waals surface area contributed by atoms with E-state index in [1.54, 1.807) is 0 Å². The van der Waals surface area contributed by atoms with E-state index < -0.39 is 28.8 Å². The third kappa shape index (κ3) is 6.47. The van der Waals surface area contributed by atoms with Gasteiger partial charge in [-0.25, -0.2) is 0 Å². The van der Waals surface area contributed by atoms with E-state index in [1.807, 2.05) is 13.8 Å². The number of carboxylic acids is 1. The SMILES string of the molecule is CC(C)(COC1CCC(Nc2ccc(N=O)c(C(F)(F)F)c2)CC1)CC(=O)O. The predicted octanol–water partition coefficient (Wildman–Crippen LogP) is 5.34. The van der Waals surface area contributed by atoms with Gasteiger partial charge in [-0.1, -0.05) is 13.8 Å². The van der Waals surface area contributed by atoms with E-state index >= 15 is 0 Å². The number of carboxylic acid groups (broad SMARTS) is 1. The zero-order chi connectivity index (χ0) is 20.9. The Balaban J connectivity index is 1.87. The van der Waals surface area contributed by atoms with Gasteiger partial charge < -0.3 is 15.2 Å². The van der Waals surface area contributed by atoms with Crippen LogP contribution in [0.5, 0.6) is 0 Å². The molecule has 1 aliphatic rings. The molecule has 0 bridgehead atoms. The van der Waals surface area contributed by atoms with Gasteiger partial charge in [0.15, 0.2) is 0 Å². The van der Waals surface area contributed by atoms with E-state index in [-0.39, 0.29) is 18.6 Å².